The normalized spacial score (nSPS) is 11.2. The Kier molecular flexibility index (Phi) is 7.60. The van der Waals surface area contributed by atoms with Gasteiger partial charge in [0.25, 0.3) is 0 Å². The molecular formula is C19H26N4O. The number of aliphatic imine (C=N–C) groups is 1. The highest BCUT2D eigenvalue weighted by Gasteiger charge is 2.00. The quantitative estimate of drug-likeness (QED) is 0.445. The fourth-order valence-electron chi connectivity index (χ4n) is 2.22. The van der Waals surface area contributed by atoms with Crippen molar-refractivity contribution in [1.29, 1.82) is 0 Å². The van der Waals surface area contributed by atoms with Crippen LogP contribution >= 0.6 is 0 Å². The molecule has 1 heterocycles. The average molecular weight is 326 g/mol. The van der Waals surface area contributed by atoms with Crippen LogP contribution in [0.15, 0.2) is 53.7 Å². The van der Waals surface area contributed by atoms with E-state index in [4.69, 9.17) is 4.74 Å². The van der Waals surface area contributed by atoms with Crippen LogP contribution in [0.5, 0.6) is 5.75 Å². The molecule has 24 heavy (non-hydrogen) atoms. The van der Waals surface area contributed by atoms with Crippen LogP contribution in [0.4, 0.5) is 0 Å². The summed E-state index contributed by atoms with van der Waals surface area (Å²) in [6.45, 7) is 6.92. The number of guanidine groups is 1. The first-order chi connectivity index (χ1) is 11.8. The van der Waals surface area contributed by atoms with Gasteiger partial charge in [-0.05, 0) is 37.6 Å². The third kappa shape index (κ3) is 6.28. The van der Waals surface area contributed by atoms with Gasteiger partial charge in [0.2, 0.25) is 0 Å². The lowest BCUT2D eigenvalue weighted by atomic mass is 10.2. The molecule has 0 amide bonds. The molecule has 0 fully saturated rings. The van der Waals surface area contributed by atoms with Crippen molar-refractivity contribution in [2.45, 2.75) is 20.3 Å². The van der Waals surface area contributed by atoms with E-state index in [0.29, 0.717) is 19.7 Å². The number of aryl methyl sites for hydroxylation is 1. The van der Waals surface area contributed by atoms with Crippen molar-refractivity contribution >= 4 is 5.96 Å². The van der Waals surface area contributed by atoms with Crippen LogP contribution in [0.25, 0.3) is 0 Å². The Morgan fingerprint density at radius 2 is 1.96 bits per heavy atom. The van der Waals surface area contributed by atoms with Crippen LogP contribution in [0, 0.1) is 6.92 Å². The summed E-state index contributed by atoms with van der Waals surface area (Å²) >= 11 is 0. The van der Waals surface area contributed by atoms with Crippen molar-refractivity contribution in [3.8, 4) is 5.75 Å². The molecule has 0 unspecified atom stereocenters. The maximum atomic E-state index is 5.78. The van der Waals surface area contributed by atoms with Crippen molar-refractivity contribution in [3.63, 3.8) is 0 Å². The summed E-state index contributed by atoms with van der Waals surface area (Å²) in [4.78, 5) is 8.88. The van der Waals surface area contributed by atoms with E-state index in [1.807, 2.05) is 55.6 Å². The zero-order chi connectivity index (χ0) is 17.0. The van der Waals surface area contributed by atoms with Crippen LogP contribution in [0.3, 0.4) is 0 Å². The lowest BCUT2D eigenvalue weighted by Gasteiger charge is -2.13. The third-order valence-electron chi connectivity index (χ3n) is 3.45. The summed E-state index contributed by atoms with van der Waals surface area (Å²) in [5, 5.41) is 6.53. The smallest absolute Gasteiger partial charge is 0.191 e. The second-order valence-electron chi connectivity index (χ2n) is 5.37. The number of nitrogens with zero attached hydrogens (tertiary/aromatic N) is 2. The summed E-state index contributed by atoms with van der Waals surface area (Å²) in [7, 11) is 0. The maximum absolute atomic E-state index is 5.78. The van der Waals surface area contributed by atoms with Crippen LogP contribution in [-0.4, -0.2) is 37.2 Å². The molecule has 5 nitrogen and oxygen atoms in total. The summed E-state index contributed by atoms with van der Waals surface area (Å²) in [6.07, 6.45) is 2.64. The maximum Gasteiger partial charge on any atom is 0.191 e. The van der Waals surface area contributed by atoms with Gasteiger partial charge in [0.05, 0.1) is 6.54 Å². The van der Waals surface area contributed by atoms with Gasteiger partial charge in [0.15, 0.2) is 5.96 Å². The number of nitrogens with one attached hydrogen (secondary N) is 2. The van der Waals surface area contributed by atoms with Crippen LogP contribution in [-0.2, 0) is 6.42 Å². The molecule has 5 heteroatoms. The highest BCUT2D eigenvalue weighted by atomic mass is 16.5. The lowest BCUT2D eigenvalue weighted by molar-refractivity contribution is 0.320. The van der Waals surface area contributed by atoms with Crippen molar-refractivity contribution in [2.24, 2.45) is 4.99 Å². The summed E-state index contributed by atoms with van der Waals surface area (Å²) in [6, 6.07) is 14.0. The fraction of sp³-hybridized carbons (Fsp3) is 0.368. The van der Waals surface area contributed by atoms with E-state index in [9.17, 15) is 0 Å². The van der Waals surface area contributed by atoms with E-state index in [-0.39, 0.29) is 0 Å². The number of benzene rings is 1. The number of hydrogen-bond donors (Lipinski definition) is 2. The van der Waals surface area contributed by atoms with E-state index < -0.39 is 0 Å². The van der Waals surface area contributed by atoms with Crippen LogP contribution < -0.4 is 15.4 Å². The van der Waals surface area contributed by atoms with Crippen molar-refractivity contribution in [2.75, 3.05) is 26.2 Å². The fourth-order valence-corrected chi connectivity index (χ4v) is 2.22. The number of ether oxygens (including phenoxy) is 1. The number of rotatable bonds is 8. The Bertz CT molecular complexity index is 628. The van der Waals surface area contributed by atoms with Crippen molar-refractivity contribution < 1.29 is 4.74 Å². The van der Waals surface area contributed by atoms with E-state index >= 15 is 0 Å². The standard InChI is InChI=1S/C19H26N4O/c1-3-20-19(22-13-11-17-9-6-7-12-21-17)23-14-15-24-18-10-5-4-8-16(18)2/h4-10,12H,3,11,13-15H2,1-2H3,(H2,20,22,23). The highest BCUT2D eigenvalue weighted by Crippen LogP contribution is 2.15. The van der Waals surface area contributed by atoms with Gasteiger partial charge in [-0.1, -0.05) is 24.3 Å². The second kappa shape index (κ2) is 10.3. The summed E-state index contributed by atoms with van der Waals surface area (Å²) in [5.74, 6) is 1.73. The molecule has 0 bridgehead atoms. The van der Waals surface area contributed by atoms with Gasteiger partial charge in [0, 0.05) is 31.4 Å². The molecule has 0 radical (unpaired) electrons. The number of aromatic nitrogens is 1. The van der Waals surface area contributed by atoms with Crippen molar-refractivity contribution in [3.05, 3.63) is 59.9 Å². The van der Waals surface area contributed by atoms with Crippen molar-refractivity contribution in [1.82, 2.24) is 15.6 Å². The highest BCUT2D eigenvalue weighted by molar-refractivity contribution is 5.79. The van der Waals surface area contributed by atoms with E-state index in [0.717, 1.165) is 35.9 Å². The minimum Gasteiger partial charge on any atom is -0.491 e. The molecule has 0 aliphatic heterocycles. The van der Waals surface area contributed by atoms with Gasteiger partial charge < -0.3 is 15.4 Å². The second-order valence-corrected chi connectivity index (χ2v) is 5.37. The average Bonchev–Trinajstić information content (AvgIpc) is 2.61. The summed E-state index contributed by atoms with van der Waals surface area (Å²) in [5.41, 5.74) is 2.20. The molecule has 0 saturated carbocycles. The molecule has 0 aliphatic carbocycles. The minimum absolute atomic E-state index is 0.593. The monoisotopic (exact) mass is 326 g/mol. The van der Waals surface area contributed by atoms with Gasteiger partial charge in [-0.3, -0.25) is 9.98 Å². The minimum atomic E-state index is 0.593. The predicted molar refractivity (Wildman–Crippen MR) is 98.6 cm³/mol. The third-order valence-corrected chi connectivity index (χ3v) is 3.45. The molecule has 2 N–H and O–H groups in total. The largest absolute Gasteiger partial charge is 0.491 e. The number of hydrogen-bond acceptors (Lipinski definition) is 3. The van der Waals surface area contributed by atoms with Crippen LogP contribution in [0.1, 0.15) is 18.2 Å². The SMILES string of the molecule is CCNC(=NCCc1ccccn1)NCCOc1ccccc1C. The zero-order valence-electron chi connectivity index (χ0n) is 14.5. The predicted octanol–water partition coefficient (Wildman–Crippen LogP) is 2.57. The molecule has 128 valence electrons. The van der Waals surface area contributed by atoms with E-state index in [1.165, 1.54) is 0 Å². The number of para-hydroxylation sites is 1. The zero-order valence-corrected chi connectivity index (χ0v) is 14.5. The van der Waals surface area contributed by atoms with Gasteiger partial charge in [-0.25, -0.2) is 0 Å². The summed E-state index contributed by atoms with van der Waals surface area (Å²) < 4.78 is 5.78. The molecule has 0 aliphatic rings. The Hall–Kier alpha value is -2.56. The van der Waals surface area contributed by atoms with Gasteiger partial charge in [-0.2, -0.15) is 0 Å². The molecule has 0 saturated heterocycles. The molecular weight excluding hydrogens is 300 g/mol. The molecule has 0 spiro atoms. The molecule has 0 atom stereocenters. The first kappa shape index (κ1) is 17.8. The van der Waals surface area contributed by atoms with Crippen LogP contribution in [0.2, 0.25) is 0 Å². The first-order valence-electron chi connectivity index (χ1n) is 8.40. The van der Waals surface area contributed by atoms with E-state index in [2.05, 4.69) is 27.5 Å². The van der Waals surface area contributed by atoms with Gasteiger partial charge in [0.1, 0.15) is 12.4 Å². The Labute approximate surface area is 144 Å². The Morgan fingerprint density at radius 3 is 2.71 bits per heavy atom. The number of pyridine rings is 1. The molecule has 1 aromatic heterocycles. The van der Waals surface area contributed by atoms with E-state index in [1.54, 1.807) is 0 Å². The molecule has 2 rings (SSSR count). The lowest BCUT2D eigenvalue weighted by Crippen LogP contribution is -2.39. The Morgan fingerprint density at radius 1 is 1.12 bits per heavy atom. The molecule has 2 aromatic rings. The Balaban J connectivity index is 1.74. The van der Waals surface area contributed by atoms with Gasteiger partial charge >= 0.3 is 0 Å². The topological polar surface area (TPSA) is 58.5 Å². The molecule has 1 aromatic carbocycles. The van der Waals surface area contributed by atoms with Gasteiger partial charge in [-0.15, -0.1) is 0 Å². The first-order valence-corrected chi connectivity index (χ1v) is 8.40.